The zero-order valence-corrected chi connectivity index (χ0v) is 9.14. The molecule has 0 amide bonds. The van der Waals surface area contributed by atoms with E-state index in [1.807, 2.05) is 19.1 Å². The molecule has 0 saturated carbocycles. The molecule has 0 bridgehead atoms. The standard InChI is InChI=1S/C13H13NO2/c1-2-8-16-13(15)7-6-11-4-3-5-12(9-11)10-14/h3-7,9H,2,8H2,1H3. The van der Waals surface area contributed by atoms with E-state index in [9.17, 15) is 4.79 Å². The Balaban J connectivity index is 2.62. The second kappa shape index (κ2) is 6.41. The number of hydrogen-bond acceptors (Lipinski definition) is 3. The van der Waals surface area contributed by atoms with Gasteiger partial charge in [-0.2, -0.15) is 5.26 Å². The van der Waals surface area contributed by atoms with Gasteiger partial charge in [-0.25, -0.2) is 4.79 Å². The Hall–Kier alpha value is -2.08. The highest BCUT2D eigenvalue weighted by Gasteiger charge is 1.95. The molecular weight excluding hydrogens is 202 g/mol. The molecule has 0 radical (unpaired) electrons. The van der Waals surface area contributed by atoms with Crippen LogP contribution in [0.1, 0.15) is 24.5 Å². The lowest BCUT2D eigenvalue weighted by Gasteiger charge is -1.97. The molecular formula is C13H13NO2. The van der Waals surface area contributed by atoms with Gasteiger partial charge in [-0.1, -0.05) is 19.1 Å². The van der Waals surface area contributed by atoms with Crippen LogP contribution in [0.5, 0.6) is 0 Å². The molecule has 0 N–H and O–H groups in total. The highest BCUT2D eigenvalue weighted by atomic mass is 16.5. The summed E-state index contributed by atoms with van der Waals surface area (Å²) in [5.41, 5.74) is 1.39. The number of benzene rings is 1. The van der Waals surface area contributed by atoms with Gasteiger partial charge in [0.15, 0.2) is 0 Å². The Morgan fingerprint density at radius 2 is 2.38 bits per heavy atom. The molecule has 0 aliphatic heterocycles. The maximum absolute atomic E-state index is 11.2. The molecule has 1 aromatic carbocycles. The van der Waals surface area contributed by atoms with E-state index in [0.29, 0.717) is 12.2 Å². The Morgan fingerprint density at radius 1 is 1.56 bits per heavy atom. The largest absolute Gasteiger partial charge is 0.463 e. The van der Waals surface area contributed by atoms with Crippen molar-refractivity contribution in [3.63, 3.8) is 0 Å². The van der Waals surface area contributed by atoms with Gasteiger partial charge < -0.3 is 4.74 Å². The van der Waals surface area contributed by atoms with Crippen molar-refractivity contribution >= 4 is 12.0 Å². The number of nitriles is 1. The molecule has 82 valence electrons. The van der Waals surface area contributed by atoms with Crippen molar-refractivity contribution in [3.8, 4) is 6.07 Å². The Kier molecular flexibility index (Phi) is 4.81. The van der Waals surface area contributed by atoms with E-state index < -0.39 is 0 Å². The van der Waals surface area contributed by atoms with Crippen LogP contribution in [0.25, 0.3) is 6.08 Å². The molecule has 0 atom stereocenters. The average Bonchev–Trinajstić information content (AvgIpc) is 2.34. The lowest BCUT2D eigenvalue weighted by molar-refractivity contribution is -0.137. The van der Waals surface area contributed by atoms with Crippen molar-refractivity contribution < 1.29 is 9.53 Å². The molecule has 16 heavy (non-hydrogen) atoms. The minimum atomic E-state index is -0.357. The molecule has 0 aliphatic rings. The summed E-state index contributed by atoms with van der Waals surface area (Å²) in [4.78, 5) is 11.2. The van der Waals surface area contributed by atoms with E-state index in [2.05, 4.69) is 0 Å². The van der Waals surface area contributed by atoms with Crippen molar-refractivity contribution in [3.05, 3.63) is 41.5 Å². The first-order valence-corrected chi connectivity index (χ1v) is 5.11. The topological polar surface area (TPSA) is 50.1 Å². The van der Waals surface area contributed by atoms with E-state index in [0.717, 1.165) is 12.0 Å². The summed E-state index contributed by atoms with van der Waals surface area (Å²) < 4.78 is 4.88. The maximum atomic E-state index is 11.2. The van der Waals surface area contributed by atoms with Crippen LogP contribution >= 0.6 is 0 Å². The van der Waals surface area contributed by atoms with Gasteiger partial charge >= 0.3 is 5.97 Å². The number of carbonyl (C=O) groups is 1. The normalized spacial score (nSPS) is 10.0. The minimum Gasteiger partial charge on any atom is -0.463 e. The highest BCUT2D eigenvalue weighted by molar-refractivity contribution is 5.87. The fourth-order valence-corrected chi connectivity index (χ4v) is 1.13. The second-order valence-electron chi connectivity index (χ2n) is 3.24. The zero-order valence-electron chi connectivity index (χ0n) is 9.14. The fraction of sp³-hybridized carbons (Fsp3) is 0.231. The Morgan fingerprint density at radius 3 is 3.06 bits per heavy atom. The quantitative estimate of drug-likeness (QED) is 0.572. The Labute approximate surface area is 95.0 Å². The summed E-state index contributed by atoms with van der Waals surface area (Å²) in [6.45, 7) is 2.37. The van der Waals surface area contributed by atoms with Gasteiger partial charge in [-0.05, 0) is 30.2 Å². The summed E-state index contributed by atoms with van der Waals surface area (Å²) in [7, 11) is 0. The van der Waals surface area contributed by atoms with Gasteiger partial charge in [0.05, 0.1) is 18.2 Å². The number of ether oxygens (including phenoxy) is 1. The van der Waals surface area contributed by atoms with Crippen LogP contribution in [0.2, 0.25) is 0 Å². The Bertz CT molecular complexity index is 430. The lowest BCUT2D eigenvalue weighted by Crippen LogP contribution is -2.00. The van der Waals surface area contributed by atoms with Crippen molar-refractivity contribution in [1.29, 1.82) is 5.26 Å². The van der Waals surface area contributed by atoms with Gasteiger partial charge in [0.2, 0.25) is 0 Å². The smallest absolute Gasteiger partial charge is 0.330 e. The molecule has 3 nitrogen and oxygen atoms in total. The van der Waals surface area contributed by atoms with Crippen LogP contribution in [0.4, 0.5) is 0 Å². The van der Waals surface area contributed by atoms with Crippen molar-refractivity contribution in [1.82, 2.24) is 0 Å². The van der Waals surface area contributed by atoms with Gasteiger partial charge in [-0.15, -0.1) is 0 Å². The number of carbonyl (C=O) groups excluding carboxylic acids is 1. The third-order valence-electron chi connectivity index (χ3n) is 1.88. The van der Waals surface area contributed by atoms with E-state index in [1.54, 1.807) is 24.3 Å². The molecule has 0 fully saturated rings. The summed E-state index contributed by atoms with van der Waals surface area (Å²) in [6.07, 6.45) is 3.81. The van der Waals surface area contributed by atoms with Crippen molar-refractivity contribution in [2.24, 2.45) is 0 Å². The highest BCUT2D eigenvalue weighted by Crippen LogP contribution is 2.06. The molecule has 0 unspecified atom stereocenters. The molecule has 3 heteroatoms. The number of esters is 1. The summed E-state index contributed by atoms with van der Waals surface area (Å²) in [5.74, 6) is -0.357. The van der Waals surface area contributed by atoms with E-state index in [4.69, 9.17) is 10.00 Å². The first-order chi connectivity index (χ1) is 7.76. The van der Waals surface area contributed by atoms with Gasteiger partial charge in [-0.3, -0.25) is 0 Å². The molecule has 1 rings (SSSR count). The molecule has 0 aromatic heterocycles. The monoisotopic (exact) mass is 215 g/mol. The predicted molar refractivity (Wildman–Crippen MR) is 61.4 cm³/mol. The van der Waals surface area contributed by atoms with Crippen LogP contribution in [0, 0.1) is 11.3 Å². The SMILES string of the molecule is CCCOC(=O)C=Cc1cccc(C#N)c1. The van der Waals surface area contributed by atoms with Crippen LogP contribution in [0.3, 0.4) is 0 Å². The van der Waals surface area contributed by atoms with Crippen LogP contribution in [-0.2, 0) is 9.53 Å². The lowest BCUT2D eigenvalue weighted by atomic mass is 10.1. The van der Waals surface area contributed by atoms with Crippen LogP contribution in [-0.4, -0.2) is 12.6 Å². The fourth-order valence-electron chi connectivity index (χ4n) is 1.13. The third-order valence-corrected chi connectivity index (χ3v) is 1.88. The second-order valence-corrected chi connectivity index (χ2v) is 3.24. The summed E-state index contributed by atoms with van der Waals surface area (Å²) in [5, 5.41) is 8.69. The molecule has 0 spiro atoms. The van der Waals surface area contributed by atoms with Crippen LogP contribution in [0.15, 0.2) is 30.3 Å². The van der Waals surface area contributed by atoms with Crippen LogP contribution < -0.4 is 0 Å². The summed E-state index contributed by atoms with van der Waals surface area (Å²) in [6, 6.07) is 9.06. The average molecular weight is 215 g/mol. The number of rotatable bonds is 4. The maximum Gasteiger partial charge on any atom is 0.330 e. The number of hydrogen-bond donors (Lipinski definition) is 0. The number of nitrogens with zero attached hydrogens (tertiary/aromatic N) is 1. The van der Waals surface area contributed by atoms with Gasteiger partial charge in [0.1, 0.15) is 0 Å². The van der Waals surface area contributed by atoms with Crippen molar-refractivity contribution in [2.75, 3.05) is 6.61 Å². The zero-order chi connectivity index (χ0) is 11.8. The third kappa shape index (κ3) is 3.97. The van der Waals surface area contributed by atoms with E-state index in [1.165, 1.54) is 6.08 Å². The minimum absolute atomic E-state index is 0.357. The van der Waals surface area contributed by atoms with Crippen molar-refractivity contribution in [2.45, 2.75) is 13.3 Å². The van der Waals surface area contributed by atoms with Gasteiger partial charge in [0.25, 0.3) is 0 Å². The molecule has 0 aliphatic carbocycles. The summed E-state index contributed by atoms with van der Waals surface area (Å²) >= 11 is 0. The molecule has 1 aromatic rings. The van der Waals surface area contributed by atoms with E-state index >= 15 is 0 Å². The first-order valence-electron chi connectivity index (χ1n) is 5.11. The van der Waals surface area contributed by atoms with E-state index in [-0.39, 0.29) is 5.97 Å². The first kappa shape index (κ1) is 12.0. The predicted octanol–water partition coefficient (Wildman–Crippen LogP) is 2.52. The molecule has 0 heterocycles. The molecule has 0 saturated heterocycles. The van der Waals surface area contributed by atoms with Gasteiger partial charge in [0, 0.05) is 6.08 Å².